The second-order valence-corrected chi connectivity index (χ2v) is 5.69. The molecule has 3 heterocycles. The van der Waals surface area contributed by atoms with E-state index in [9.17, 15) is 0 Å². The molecule has 0 aliphatic carbocycles. The molecule has 1 aliphatic heterocycles. The van der Waals surface area contributed by atoms with Crippen LogP contribution in [0.3, 0.4) is 0 Å². The van der Waals surface area contributed by atoms with Crippen molar-refractivity contribution in [3.8, 4) is 5.88 Å². The Morgan fingerprint density at radius 2 is 2.27 bits per heavy atom. The van der Waals surface area contributed by atoms with E-state index < -0.39 is 0 Å². The summed E-state index contributed by atoms with van der Waals surface area (Å²) in [5, 5.41) is 11.1. The molecule has 3 rings (SSSR count). The van der Waals surface area contributed by atoms with Crippen LogP contribution in [0.2, 0.25) is 0 Å². The number of rotatable bonds is 5. The van der Waals surface area contributed by atoms with Crippen LogP contribution < -0.4 is 9.64 Å². The molecule has 0 amide bonds. The first-order valence-corrected chi connectivity index (χ1v) is 7.40. The molecule has 0 fully saturated rings. The van der Waals surface area contributed by atoms with E-state index in [1.807, 2.05) is 32.9 Å². The van der Waals surface area contributed by atoms with Crippen LogP contribution in [0.25, 0.3) is 0 Å². The molecule has 0 atom stereocenters. The number of H-pyrrole nitrogens is 1. The molecule has 0 bridgehead atoms. The largest absolute Gasteiger partial charge is 0.474 e. The number of aromatic amines is 1. The molecule has 2 aromatic rings. The molecule has 0 aromatic carbocycles. The fraction of sp³-hybridized carbons (Fsp3) is 0.467. The average molecular weight is 303 g/mol. The highest BCUT2D eigenvalue weighted by molar-refractivity contribution is 5.42. The summed E-state index contributed by atoms with van der Waals surface area (Å²) in [4.78, 5) is 4.34. The van der Waals surface area contributed by atoms with E-state index >= 15 is 0 Å². The Morgan fingerprint density at radius 3 is 3.00 bits per heavy atom. The smallest absolute Gasteiger partial charge is 0.234 e. The van der Waals surface area contributed by atoms with Gasteiger partial charge in [0.2, 0.25) is 5.88 Å². The number of ether oxygens (including phenoxy) is 1. The molecule has 2 aromatic heterocycles. The van der Waals surface area contributed by atoms with Crippen molar-refractivity contribution >= 4 is 5.82 Å². The van der Waals surface area contributed by atoms with Crippen molar-refractivity contribution < 1.29 is 9.26 Å². The van der Waals surface area contributed by atoms with E-state index in [1.54, 1.807) is 0 Å². The van der Waals surface area contributed by atoms with E-state index in [1.165, 1.54) is 0 Å². The predicted octanol–water partition coefficient (Wildman–Crippen LogP) is 2.29. The first kappa shape index (κ1) is 14.5. The lowest BCUT2D eigenvalue weighted by molar-refractivity contribution is 0.232. The minimum Gasteiger partial charge on any atom is -0.474 e. The van der Waals surface area contributed by atoms with Crippen LogP contribution in [0, 0.1) is 6.92 Å². The van der Waals surface area contributed by atoms with Crippen molar-refractivity contribution in [1.29, 1.82) is 0 Å². The van der Waals surface area contributed by atoms with Crippen LogP contribution in [-0.4, -0.2) is 39.6 Å². The van der Waals surface area contributed by atoms with Gasteiger partial charge in [-0.25, -0.2) is 0 Å². The highest BCUT2D eigenvalue weighted by Crippen LogP contribution is 2.21. The molecule has 0 saturated heterocycles. The second kappa shape index (κ2) is 6.13. The van der Waals surface area contributed by atoms with Crippen LogP contribution in [0.5, 0.6) is 5.88 Å². The molecule has 118 valence electrons. The lowest BCUT2D eigenvalue weighted by atomic mass is 10.3. The molecule has 7 nitrogen and oxygen atoms in total. The number of nitrogens with zero attached hydrogens (tertiary/aromatic N) is 4. The summed E-state index contributed by atoms with van der Waals surface area (Å²) < 4.78 is 10.9. The highest BCUT2D eigenvalue weighted by Gasteiger charge is 2.17. The first-order valence-electron chi connectivity index (χ1n) is 7.40. The fourth-order valence-electron chi connectivity index (χ4n) is 2.37. The minimum absolute atomic E-state index is 0.114. The summed E-state index contributed by atoms with van der Waals surface area (Å²) in [6.45, 7) is 8.16. The topological polar surface area (TPSA) is 70.4 Å². The van der Waals surface area contributed by atoms with Gasteiger partial charge in [0.15, 0.2) is 5.76 Å². The number of aryl methyl sites for hydroxylation is 1. The summed E-state index contributed by atoms with van der Waals surface area (Å²) in [6, 6.07) is 3.88. The third kappa shape index (κ3) is 3.41. The molecule has 0 radical (unpaired) electrons. The number of nitrogens with one attached hydrogen (secondary N) is 1. The van der Waals surface area contributed by atoms with Crippen LogP contribution in [0.15, 0.2) is 28.9 Å². The normalized spacial score (nSPS) is 14.9. The van der Waals surface area contributed by atoms with Crippen LogP contribution in [-0.2, 0) is 6.54 Å². The van der Waals surface area contributed by atoms with Gasteiger partial charge in [0.05, 0.1) is 25.0 Å². The zero-order valence-electron chi connectivity index (χ0n) is 13.1. The van der Waals surface area contributed by atoms with Gasteiger partial charge in [-0.2, -0.15) is 0 Å². The number of hydrogen-bond donors (Lipinski definition) is 1. The molecule has 0 saturated carbocycles. The van der Waals surface area contributed by atoms with Crippen molar-refractivity contribution in [3.05, 3.63) is 35.9 Å². The van der Waals surface area contributed by atoms with Crippen LogP contribution in [0.4, 0.5) is 5.82 Å². The van der Waals surface area contributed by atoms with Gasteiger partial charge in [-0.15, -0.1) is 5.10 Å². The molecule has 1 N–H and O–H groups in total. The van der Waals surface area contributed by atoms with E-state index in [-0.39, 0.29) is 6.10 Å². The lowest BCUT2D eigenvalue weighted by Crippen LogP contribution is -2.38. The van der Waals surface area contributed by atoms with Crippen molar-refractivity contribution in [3.63, 3.8) is 0 Å². The summed E-state index contributed by atoms with van der Waals surface area (Å²) in [5.74, 6) is 2.42. The molecule has 1 aliphatic rings. The molecule has 0 spiro atoms. The Bertz CT molecular complexity index is 646. The lowest BCUT2D eigenvalue weighted by Gasteiger charge is -2.32. The molecule has 22 heavy (non-hydrogen) atoms. The SMILES string of the molecule is Cc1cc(CN2C=CCN(c3cc(OC(C)C)n[nH]3)C2)on1. The predicted molar refractivity (Wildman–Crippen MR) is 82.5 cm³/mol. The second-order valence-electron chi connectivity index (χ2n) is 5.69. The van der Waals surface area contributed by atoms with Crippen molar-refractivity contribution in [2.45, 2.75) is 33.4 Å². The molecule has 7 heteroatoms. The van der Waals surface area contributed by atoms with Crippen molar-refractivity contribution in [2.24, 2.45) is 0 Å². The van der Waals surface area contributed by atoms with Gasteiger partial charge in [0, 0.05) is 18.7 Å². The van der Waals surface area contributed by atoms with Gasteiger partial charge in [-0.1, -0.05) is 5.16 Å². The Morgan fingerprint density at radius 1 is 1.41 bits per heavy atom. The van der Waals surface area contributed by atoms with Gasteiger partial charge in [-0.3, -0.25) is 5.10 Å². The quantitative estimate of drug-likeness (QED) is 0.914. The average Bonchev–Trinajstić information content (AvgIpc) is 3.08. The molecular weight excluding hydrogens is 282 g/mol. The Labute approximate surface area is 129 Å². The van der Waals surface area contributed by atoms with Crippen molar-refractivity contribution in [1.82, 2.24) is 20.3 Å². The number of anilines is 1. The van der Waals surface area contributed by atoms with E-state index in [0.29, 0.717) is 12.4 Å². The van der Waals surface area contributed by atoms with E-state index in [0.717, 1.165) is 30.5 Å². The zero-order valence-corrected chi connectivity index (χ0v) is 13.1. The van der Waals surface area contributed by atoms with Crippen LogP contribution in [0.1, 0.15) is 25.3 Å². The molecular formula is C15H21N5O2. The monoisotopic (exact) mass is 303 g/mol. The highest BCUT2D eigenvalue weighted by atomic mass is 16.5. The maximum atomic E-state index is 5.59. The third-order valence-corrected chi connectivity index (χ3v) is 3.27. The summed E-state index contributed by atoms with van der Waals surface area (Å²) in [5.41, 5.74) is 0.900. The Balaban J connectivity index is 1.63. The van der Waals surface area contributed by atoms with E-state index in [2.05, 4.69) is 37.4 Å². The maximum absolute atomic E-state index is 5.59. The standard InChI is InChI=1S/C15H21N5O2/c1-11(2)21-15-8-14(16-17-15)20-6-4-5-19(10-20)9-13-7-12(3)18-22-13/h4-5,7-8,11H,6,9-10H2,1-3H3,(H,16,17). The maximum Gasteiger partial charge on any atom is 0.234 e. The number of hydrogen-bond acceptors (Lipinski definition) is 6. The summed E-state index contributed by atoms with van der Waals surface area (Å²) >= 11 is 0. The van der Waals surface area contributed by atoms with Gasteiger partial charge >= 0.3 is 0 Å². The Kier molecular flexibility index (Phi) is 4.04. The van der Waals surface area contributed by atoms with Gasteiger partial charge in [0.1, 0.15) is 5.82 Å². The fourth-order valence-corrected chi connectivity index (χ4v) is 2.37. The first-order chi connectivity index (χ1) is 10.6. The minimum atomic E-state index is 0.114. The summed E-state index contributed by atoms with van der Waals surface area (Å²) in [7, 11) is 0. The van der Waals surface area contributed by atoms with Gasteiger partial charge in [-0.05, 0) is 33.0 Å². The van der Waals surface area contributed by atoms with Gasteiger partial charge < -0.3 is 19.1 Å². The van der Waals surface area contributed by atoms with Gasteiger partial charge in [0.25, 0.3) is 0 Å². The summed E-state index contributed by atoms with van der Waals surface area (Å²) in [6.07, 6.45) is 4.30. The van der Waals surface area contributed by atoms with Crippen molar-refractivity contribution in [2.75, 3.05) is 18.1 Å². The molecule has 0 unspecified atom stereocenters. The Hall–Kier alpha value is -2.44. The number of aromatic nitrogens is 3. The third-order valence-electron chi connectivity index (χ3n) is 3.27. The zero-order chi connectivity index (χ0) is 15.5. The van der Waals surface area contributed by atoms with E-state index in [4.69, 9.17) is 9.26 Å². The van der Waals surface area contributed by atoms with Crippen LogP contribution >= 0.6 is 0 Å².